The topological polar surface area (TPSA) is 15.3 Å². The van der Waals surface area contributed by atoms with E-state index >= 15 is 0 Å². The van der Waals surface area contributed by atoms with Crippen molar-refractivity contribution in [1.82, 2.24) is 10.2 Å². The van der Waals surface area contributed by atoms with Crippen LogP contribution in [0, 0.1) is 0 Å². The van der Waals surface area contributed by atoms with Crippen molar-refractivity contribution >= 4 is 0 Å². The van der Waals surface area contributed by atoms with Crippen LogP contribution in [0.4, 0.5) is 0 Å². The maximum atomic E-state index is 3.09. The van der Waals surface area contributed by atoms with Gasteiger partial charge in [0, 0.05) is 18.9 Å². The van der Waals surface area contributed by atoms with E-state index in [4.69, 9.17) is 0 Å². The lowest BCUT2D eigenvalue weighted by Gasteiger charge is -2.08. The number of hydrogen-bond donors (Lipinski definition) is 1. The summed E-state index contributed by atoms with van der Waals surface area (Å²) in [6.07, 6.45) is 2.01. The van der Waals surface area contributed by atoms with Crippen molar-refractivity contribution in [3.63, 3.8) is 0 Å². The molecule has 0 spiro atoms. The molecule has 2 heteroatoms. The first-order valence-electron chi connectivity index (χ1n) is 2.42. The van der Waals surface area contributed by atoms with Crippen LogP contribution in [0.5, 0.6) is 0 Å². The van der Waals surface area contributed by atoms with Crippen LogP contribution in [0.1, 0.15) is 6.92 Å². The van der Waals surface area contributed by atoms with Gasteiger partial charge in [-0.3, -0.25) is 0 Å². The van der Waals surface area contributed by atoms with Crippen molar-refractivity contribution in [1.29, 1.82) is 0 Å². The Morgan fingerprint density at radius 3 is 2.71 bits per heavy atom. The summed E-state index contributed by atoms with van der Waals surface area (Å²) < 4.78 is 0. The van der Waals surface area contributed by atoms with Crippen molar-refractivity contribution in [2.75, 3.05) is 13.7 Å². The van der Waals surface area contributed by atoms with Gasteiger partial charge in [0.05, 0.1) is 6.67 Å². The standard InChI is InChI=1S/C5H10N2/c1-5-3-6-4-7(5)2/h3,6H,4H2,1-2H3. The molecule has 40 valence electrons. The highest BCUT2D eigenvalue weighted by molar-refractivity contribution is 4.99. The Morgan fingerprint density at radius 2 is 2.57 bits per heavy atom. The minimum atomic E-state index is 0.964. The molecule has 0 aromatic rings. The van der Waals surface area contributed by atoms with Gasteiger partial charge in [-0.1, -0.05) is 0 Å². The fourth-order valence-corrected chi connectivity index (χ4v) is 0.565. The molecule has 0 saturated carbocycles. The highest BCUT2D eigenvalue weighted by Gasteiger charge is 2.01. The van der Waals surface area contributed by atoms with Crippen LogP contribution >= 0.6 is 0 Å². The quantitative estimate of drug-likeness (QED) is 0.470. The monoisotopic (exact) mass is 98.1 g/mol. The number of nitrogens with one attached hydrogen (secondary N) is 1. The molecule has 1 N–H and O–H groups in total. The Balaban J connectivity index is 2.54. The summed E-state index contributed by atoms with van der Waals surface area (Å²) in [7, 11) is 2.06. The van der Waals surface area contributed by atoms with Gasteiger partial charge in [-0.25, -0.2) is 0 Å². The minimum absolute atomic E-state index is 0.964. The molecule has 0 radical (unpaired) electrons. The number of hydrogen-bond acceptors (Lipinski definition) is 2. The molecule has 2 nitrogen and oxygen atoms in total. The van der Waals surface area contributed by atoms with Crippen LogP contribution < -0.4 is 5.32 Å². The Hall–Kier alpha value is -0.660. The van der Waals surface area contributed by atoms with Gasteiger partial charge < -0.3 is 10.2 Å². The molecule has 0 aliphatic carbocycles. The molecule has 1 aliphatic heterocycles. The Bertz CT molecular complexity index is 96.3. The van der Waals surface area contributed by atoms with Crippen molar-refractivity contribution in [2.45, 2.75) is 6.92 Å². The Kier molecular flexibility index (Phi) is 0.929. The molecule has 1 aliphatic rings. The zero-order chi connectivity index (χ0) is 5.28. The highest BCUT2D eigenvalue weighted by atomic mass is 15.2. The van der Waals surface area contributed by atoms with Crippen LogP contribution in [0.25, 0.3) is 0 Å². The van der Waals surface area contributed by atoms with Gasteiger partial charge in [0.15, 0.2) is 0 Å². The first kappa shape index (κ1) is 4.50. The minimum Gasteiger partial charge on any atom is -0.372 e. The molecular weight excluding hydrogens is 88.1 g/mol. The van der Waals surface area contributed by atoms with Crippen LogP contribution in [0.2, 0.25) is 0 Å². The molecule has 0 amide bonds. The van der Waals surface area contributed by atoms with Crippen molar-refractivity contribution in [2.24, 2.45) is 0 Å². The van der Waals surface area contributed by atoms with Gasteiger partial charge in [0.1, 0.15) is 0 Å². The van der Waals surface area contributed by atoms with Crippen molar-refractivity contribution in [3.05, 3.63) is 11.9 Å². The zero-order valence-electron chi connectivity index (χ0n) is 4.73. The second-order valence-corrected chi connectivity index (χ2v) is 1.85. The fourth-order valence-electron chi connectivity index (χ4n) is 0.565. The molecule has 0 bridgehead atoms. The SMILES string of the molecule is CC1=CNCN1C. The predicted molar refractivity (Wildman–Crippen MR) is 29.5 cm³/mol. The first-order valence-corrected chi connectivity index (χ1v) is 2.42. The molecule has 7 heavy (non-hydrogen) atoms. The Morgan fingerprint density at radius 1 is 1.86 bits per heavy atom. The van der Waals surface area contributed by atoms with E-state index in [1.165, 1.54) is 5.70 Å². The summed E-state index contributed by atoms with van der Waals surface area (Å²) in [5.41, 5.74) is 1.31. The summed E-state index contributed by atoms with van der Waals surface area (Å²) in [6, 6.07) is 0. The van der Waals surface area contributed by atoms with Gasteiger partial charge >= 0.3 is 0 Å². The number of nitrogens with zero attached hydrogens (tertiary/aromatic N) is 1. The van der Waals surface area contributed by atoms with Crippen LogP contribution in [0.3, 0.4) is 0 Å². The second kappa shape index (κ2) is 1.45. The number of allylic oxidation sites excluding steroid dienone is 1. The largest absolute Gasteiger partial charge is 0.372 e. The molecule has 0 atom stereocenters. The lowest BCUT2D eigenvalue weighted by molar-refractivity contribution is 0.442. The van der Waals surface area contributed by atoms with Gasteiger partial charge in [-0.2, -0.15) is 0 Å². The molecule has 0 unspecified atom stereocenters. The van der Waals surface area contributed by atoms with E-state index in [0.717, 1.165) is 6.67 Å². The van der Waals surface area contributed by atoms with Crippen LogP contribution in [-0.4, -0.2) is 18.6 Å². The maximum absolute atomic E-state index is 3.09. The summed E-state index contributed by atoms with van der Waals surface area (Å²) in [5, 5.41) is 3.09. The molecule has 1 heterocycles. The third-order valence-corrected chi connectivity index (χ3v) is 1.24. The average molecular weight is 98.1 g/mol. The van der Waals surface area contributed by atoms with E-state index in [0.29, 0.717) is 0 Å². The van der Waals surface area contributed by atoms with Gasteiger partial charge in [-0.15, -0.1) is 0 Å². The molecule has 0 aromatic carbocycles. The molecule has 0 fully saturated rings. The zero-order valence-corrected chi connectivity index (χ0v) is 4.73. The first-order chi connectivity index (χ1) is 3.30. The van der Waals surface area contributed by atoms with Crippen LogP contribution in [0.15, 0.2) is 11.9 Å². The van der Waals surface area contributed by atoms with Crippen molar-refractivity contribution in [3.8, 4) is 0 Å². The molecule has 0 saturated heterocycles. The van der Waals surface area contributed by atoms with Gasteiger partial charge in [0.2, 0.25) is 0 Å². The average Bonchev–Trinajstić information content (AvgIpc) is 1.91. The van der Waals surface area contributed by atoms with Crippen molar-refractivity contribution < 1.29 is 0 Å². The number of rotatable bonds is 0. The van der Waals surface area contributed by atoms with E-state index in [9.17, 15) is 0 Å². The lowest BCUT2D eigenvalue weighted by Crippen LogP contribution is -2.17. The van der Waals surface area contributed by atoms with Crippen LogP contribution in [-0.2, 0) is 0 Å². The molecule has 1 rings (SSSR count). The highest BCUT2D eigenvalue weighted by Crippen LogP contribution is 2.00. The third-order valence-electron chi connectivity index (χ3n) is 1.24. The maximum Gasteiger partial charge on any atom is 0.0866 e. The summed E-state index contributed by atoms with van der Waals surface area (Å²) in [5.74, 6) is 0. The summed E-state index contributed by atoms with van der Waals surface area (Å²) in [4.78, 5) is 2.15. The smallest absolute Gasteiger partial charge is 0.0866 e. The van der Waals surface area contributed by atoms with E-state index in [-0.39, 0.29) is 0 Å². The van der Waals surface area contributed by atoms with E-state index in [1.807, 2.05) is 6.20 Å². The van der Waals surface area contributed by atoms with E-state index < -0.39 is 0 Å². The summed E-state index contributed by atoms with van der Waals surface area (Å²) in [6.45, 7) is 3.05. The predicted octanol–water partition coefficient (Wildman–Crippen LogP) is 0.340. The van der Waals surface area contributed by atoms with E-state index in [2.05, 4.69) is 24.2 Å². The third kappa shape index (κ3) is 0.683. The molecule has 0 aromatic heterocycles. The normalized spacial score (nSPS) is 19.1. The lowest BCUT2D eigenvalue weighted by atomic mass is 10.5. The molecular formula is C5H10N2. The Labute approximate surface area is 43.8 Å². The van der Waals surface area contributed by atoms with Gasteiger partial charge in [0.25, 0.3) is 0 Å². The second-order valence-electron chi connectivity index (χ2n) is 1.85. The van der Waals surface area contributed by atoms with E-state index in [1.54, 1.807) is 0 Å². The fraction of sp³-hybridized carbons (Fsp3) is 0.600. The van der Waals surface area contributed by atoms with Gasteiger partial charge in [-0.05, 0) is 6.92 Å². The summed E-state index contributed by atoms with van der Waals surface area (Å²) >= 11 is 0.